The second kappa shape index (κ2) is 11.2. The van der Waals surface area contributed by atoms with Crippen LogP contribution in [-0.2, 0) is 5.41 Å². The Morgan fingerprint density at radius 1 is 0.442 bits per heavy atom. The van der Waals surface area contributed by atoms with Gasteiger partial charge in [0.25, 0.3) is 0 Å². The van der Waals surface area contributed by atoms with Gasteiger partial charge >= 0.3 is 0 Å². The number of hydrogen-bond acceptors (Lipinski definition) is 1. The lowest BCUT2D eigenvalue weighted by molar-refractivity contribution is 0.590. The van der Waals surface area contributed by atoms with E-state index in [0.29, 0.717) is 0 Å². The zero-order valence-corrected chi connectivity index (χ0v) is 30.3. The Hall–Kier alpha value is -6.12. The van der Waals surface area contributed by atoms with Gasteiger partial charge in [-0.05, 0) is 153 Å². The van der Waals surface area contributed by atoms with Gasteiger partial charge < -0.3 is 9.47 Å². The van der Waals surface area contributed by atoms with E-state index in [0.717, 1.165) is 0 Å². The summed E-state index contributed by atoms with van der Waals surface area (Å²) in [6, 6.07) is 56.6. The number of fused-ring (bicyclic) bond motifs is 9. The van der Waals surface area contributed by atoms with E-state index >= 15 is 0 Å². The highest BCUT2D eigenvalue weighted by Crippen LogP contribution is 2.51. The van der Waals surface area contributed by atoms with Crippen molar-refractivity contribution in [2.24, 2.45) is 0 Å². The lowest BCUT2D eigenvalue weighted by atomic mass is 9.78. The molecule has 1 aromatic heterocycles. The first-order valence-electron chi connectivity index (χ1n) is 18.3. The average Bonchev–Trinajstić information content (AvgIpc) is 3.49. The van der Waals surface area contributed by atoms with Crippen molar-refractivity contribution >= 4 is 60.4 Å². The molecule has 0 bridgehead atoms. The van der Waals surface area contributed by atoms with E-state index in [2.05, 4.69) is 196 Å². The second-order valence-corrected chi connectivity index (χ2v) is 15.6. The van der Waals surface area contributed by atoms with Gasteiger partial charge in [-0.15, -0.1) is 0 Å². The van der Waals surface area contributed by atoms with Crippen molar-refractivity contribution in [1.29, 1.82) is 0 Å². The van der Waals surface area contributed by atoms with Gasteiger partial charge in [0.2, 0.25) is 0 Å². The van der Waals surface area contributed by atoms with Crippen LogP contribution in [0.1, 0.15) is 37.5 Å². The van der Waals surface area contributed by atoms with Gasteiger partial charge in [0.1, 0.15) is 0 Å². The molecule has 0 spiro atoms. The van der Waals surface area contributed by atoms with Crippen LogP contribution in [0.3, 0.4) is 0 Å². The molecular weight excluding hydrogens is 629 g/mol. The maximum atomic E-state index is 2.45. The molecule has 1 aliphatic rings. The van der Waals surface area contributed by atoms with Crippen LogP contribution in [0.4, 0.5) is 17.1 Å². The molecule has 1 aliphatic carbocycles. The first-order chi connectivity index (χ1) is 25.2. The number of anilines is 3. The summed E-state index contributed by atoms with van der Waals surface area (Å²) in [5, 5.41) is 7.62. The van der Waals surface area contributed by atoms with Gasteiger partial charge in [0.15, 0.2) is 0 Å². The SMILES string of the molecule is Cc1ccccc1N(c1ccc2cc3c(cc2c1)-c1cc2cc(-n4c5ccccc5c5ccccc54)ccc2cc1-3)c1cc(C(C)(C)C)ccc1C. The van der Waals surface area contributed by atoms with Crippen molar-refractivity contribution in [2.45, 2.75) is 40.0 Å². The van der Waals surface area contributed by atoms with Crippen LogP contribution in [0.2, 0.25) is 0 Å². The molecule has 0 amide bonds. The zero-order valence-electron chi connectivity index (χ0n) is 30.3. The topological polar surface area (TPSA) is 8.17 Å². The maximum Gasteiger partial charge on any atom is 0.0541 e. The van der Waals surface area contributed by atoms with Crippen LogP contribution >= 0.6 is 0 Å². The number of nitrogens with zero attached hydrogens (tertiary/aromatic N) is 2. The molecule has 0 N–H and O–H groups in total. The van der Waals surface area contributed by atoms with Crippen LogP contribution in [0.5, 0.6) is 0 Å². The van der Waals surface area contributed by atoms with Crippen molar-refractivity contribution in [1.82, 2.24) is 4.57 Å². The Kier molecular flexibility index (Phi) is 6.60. The summed E-state index contributed by atoms with van der Waals surface area (Å²) in [7, 11) is 0. The molecular formula is C50H40N2. The monoisotopic (exact) mass is 668 g/mol. The van der Waals surface area contributed by atoms with Crippen molar-refractivity contribution < 1.29 is 0 Å². The van der Waals surface area contributed by atoms with E-state index in [1.54, 1.807) is 0 Å². The Morgan fingerprint density at radius 2 is 0.981 bits per heavy atom. The summed E-state index contributed by atoms with van der Waals surface area (Å²) in [6.45, 7) is 11.3. The van der Waals surface area contributed by atoms with Crippen molar-refractivity contribution in [3.63, 3.8) is 0 Å². The summed E-state index contributed by atoms with van der Waals surface area (Å²) >= 11 is 0. The van der Waals surface area contributed by atoms with E-state index < -0.39 is 0 Å². The van der Waals surface area contributed by atoms with E-state index in [4.69, 9.17) is 0 Å². The van der Waals surface area contributed by atoms with Crippen LogP contribution in [-0.4, -0.2) is 4.57 Å². The summed E-state index contributed by atoms with van der Waals surface area (Å²) in [6.07, 6.45) is 0. The molecule has 0 saturated carbocycles. The summed E-state index contributed by atoms with van der Waals surface area (Å²) in [5.41, 5.74) is 16.5. The molecule has 0 atom stereocenters. The number of aromatic nitrogens is 1. The fourth-order valence-corrected chi connectivity index (χ4v) is 8.42. The molecule has 250 valence electrons. The molecule has 0 unspecified atom stereocenters. The second-order valence-electron chi connectivity index (χ2n) is 15.6. The molecule has 0 saturated heterocycles. The highest BCUT2D eigenvalue weighted by molar-refractivity contribution is 6.13. The molecule has 9 aromatic rings. The van der Waals surface area contributed by atoms with Crippen LogP contribution in [0, 0.1) is 13.8 Å². The Bertz CT molecular complexity index is 2860. The number of aryl methyl sites for hydroxylation is 2. The molecule has 2 nitrogen and oxygen atoms in total. The number of hydrogen-bond donors (Lipinski definition) is 0. The highest BCUT2D eigenvalue weighted by Gasteiger charge is 2.25. The van der Waals surface area contributed by atoms with E-state index in [-0.39, 0.29) is 5.41 Å². The zero-order chi connectivity index (χ0) is 35.3. The van der Waals surface area contributed by atoms with Crippen molar-refractivity contribution in [2.75, 3.05) is 4.90 Å². The third kappa shape index (κ3) is 4.64. The minimum absolute atomic E-state index is 0.0489. The average molecular weight is 669 g/mol. The molecule has 8 aromatic carbocycles. The van der Waals surface area contributed by atoms with Crippen molar-refractivity contribution in [3.8, 4) is 27.9 Å². The van der Waals surface area contributed by atoms with Crippen LogP contribution in [0.15, 0.2) is 152 Å². The van der Waals surface area contributed by atoms with Crippen LogP contribution < -0.4 is 4.90 Å². The molecule has 52 heavy (non-hydrogen) atoms. The highest BCUT2D eigenvalue weighted by atomic mass is 15.1. The fraction of sp³-hybridized carbons (Fsp3) is 0.120. The Balaban J connectivity index is 1.10. The standard InChI is InChI=1S/C50H40N2/c1-31-12-6-9-15-46(31)51(49-30-37(50(3,4)5)21-18-32(49)2)38-22-19-33-26-42-43-27-34-20-23-39(25-36(34)29-45(43)44(42)28-35(33)24-38)52-47-16-10-7-13-40(47)41-14-8-11-17-48(41)52/h6-30H,1-5H3. The summed E-state index contributed by atoms with van der Waals surface area (Å²) in [5.74, 6) is 0. The van der Waals surface area contributed by atoms with Gasteiger partial charge in [-0.3, -0.25) is 0 Å². The smallest absolute Gasteiger partial charge is 0.0541 e. The molecule has 10 rings (SSSR count). The third-order valence-corrected chi connectivity index (χ3v) is 11.3. The molecule has 0 aliphatic heterocycles. The van der Waals surface area contributed by atoms with Gasteiger partial charge in [-0.25, -0.2) is 0 Å². The first kappa shape index (κ1) is 30.7. The summed E-state index contributed by atoms with van der Waals surface area (Å²) in [4.78, 5) is 2.45. The van der Waals surface area contributed by atoms with E-state index in [1.807, 2.05) is 0 Å². The lowest BCUT2D eigenvalue weighted by Crippen LogP contribution is -2.16. The normalized spacial score (nSPS) is 12.3. The number of benzene rings is 8. The maximum absolute atomic E-state index is 2.45. The lowest BCUT2D eigenvalue weighted by Gasteiger charge is -2.31. The minimum Gasteiger partial charge on any atom is -0.310 e. The van der Waals surface area contributed by atoms with Crippen LogP contribution in [0.25, 0.3) is 71.3 Å². The van der Waals surface area contributed by atoms with Gasteiger partial charge in [-0.2, -0.15) is 0 Å². The quantitative estimate of drug-likeness (QED) is 0.181. The number of para-hydroxylation sites is 3. The number of rotatable bonds is 4. The fourth-order valence-electron chi connectivity index (χ4n) is 8.42. The predicted octanol–water partition coefficient (Wildman–Crippen LogP) is 14.1. The third-order valence-electron chi connectivity index (χ3n) is 11.3. The molecule has 0 radical (unpaired) electrons. The molecule has 2 heteroatoms. The largest absolute Gasteiger partial charge is 0.310 e. The predicted molar refractivity (Wildman–Crippen MR) is 223 cm³/mol. The van der Waals surface area contributed by atoms with Gasteiger partial charge in [0, 0.05) is 33.5 Å². The van der Waals surface area contributed by atoms with E-state index in [1.165, 1.54) is 105 Å². The van der Waals surface area contributed by atoms with Crippen molar-refractivity contribution in [3.05, 3.63) is 168 Å². The Morgan fingerprint density at radius 3 is 1.62 bits per heavy atom. The molecule has 1 heterocycles. The van der Waals surface area contributed by atoms with Gasteiger partial charge in [-0.1, -0.05) is 99.6 Å². The summed E-state index contributed by atoms with van der Waals surface area (Å²) < 4.78 is 2.41. The minimum atomic E-state index is 0.0489. The first-order valence-corrected chi connectivity index (χ1v) is 18.3. The van der Waals surface area contributed by atoms with E-state index in [9.17, 15) is 0 Å². The Labute approximate surface area is 305 Å². The molecule has 0 fully saturated rings. The van der Waals surface area contributed by atoms with Gasteiger partial charge in [0.05, 0.1) is 11.0 Å².